The predicted molar refractivity (Wildman–Crippen MR) is 121 cm³/mol. The van der Waals surface area contributed by atoms with E-state index in [9.17, 15) is 4.79 Å². The first kappa shape index (κ1) is 21.5. The Bertz CT molecular complexity index is 759. The summed E-state index contributed by atoms with van der Waals surface area (Å²) in [6.45, 7) is 11.0. The molecule has 4 nitrogen and oxygen atoms in total. The zero-order valence-electron chi connectivity index (χ0n) is 17.8. The van der Waals surface area contributed by atoms with Crippen molar-refractivity contribution >= 4 is 23.0 Å². The third kappa shape index (κ3) is 5.88. The van der Waals surface area contributed by atoms with Gasteiger partial charge >= 0.3 is 0 Å². The van der Waals surface area contributed by atoms with Gasteiger partial charge in [-0.15, -0.1) is 0 Å². The summed E-state index contributed by atoms with van der Waals surface area (Å²) in [6, 6.07) is 16.5. The van der Waals surface area contributed by atoms with Crippen molar-refractivity contribution in [2.24, 2.45) is 5.92 Å². The van der Waals surface area contributed by atoms with E-state index in [0.29, 0.717) is 12.5 Å². The van der Waals surface area contributed by atoms with E-state index in [2.05, 4.69) is 62.2 Å². The fourth-order valence-corrected chi connectivity index (χ4v) is 3.05. The van der Waals surface area contributed by atoms with Crippen molar-refractivity contribution in [3.8, 4) is 0 Å². The van der Waals surface area contributed by atoms with Crippen molar-refractivity contribution in [2.75, 3.05) is 35.3 Å². The minimum Gasteiger partial charge on any atom is -0.388 e. The molecule has 0 heterocycles. The van der Waals surface area contributed by atoms with Gasteiger partial charge in [0, 0.05) is 37.2 Å². The minimum atomic E-state index is -0.00118. The first-order chi connectivity index (χ1) is 13.5. The van der Waals surface area contributed by atoms with Gasteiger partial charge in [0.1, 0.15) is 0 Å². The second kappa shape index (κ2) is 10.5. The zero-order valence-corrected chi connectivity index (χ0v) is 17.8. The van der Waals surface area contributed by atoms with Gasteiger partial charge in [-0.25, -0.2) is 0 Å². The third-order valence-corrected chi connectivity index (χ3v) is 4.76. The molecule has 0 aliphatic heterocycles. The predicted octanol–water partition coefficient (Wildman–Crippen LogP) is 5.32. The molecule has 28 heavy (non-hydrogen) atoms. The molecule has 0 spiro atoms. The molecule has 0 unspecified atom stereocenters. The van der Waals surface area contributed by atoms with Crippen LogP contribution < -0.4 is 15.1 Å². The van der Waals surface area contributed by atoms with Gasteiger partial charge < -0.3 is 15.1 Å². The maximum absolute atomic E-state index is 12.9. The van der Waals surface area contributed by atoms with Crippen molar-refractivity contribution in [3.63, 3.8) is 0 Å². The topological polar surface area (TPSA) is 35.6 Å². The van der Waals surface area contributed by atoms with Crippen molar-refractivity contribution in [1.29, 1.82) is 0 Å². The number of allylic oxidation sites excluding steroid dienone is 1. The lowest BCUT2D eigenvalue weighted by Crippen LogP contribution is -2.29. The molecule has 2 rings (SSSR count). The minimum absolute atomic E-state index is 0.00118. The number of hydrogen-bond donors (Lipinski definition) is 1. The molecule has 2 aromatic rings. The Morgan fingerprint density at radius 3 is 2.04 bits per heavy atom. The second-order valence-corrected chi connectivity index (χ2v) is 7.16. The highest BCUT2D eigenvalue weighted by molar-refractivity contribution is 6.01. The molecular formula is C24H33N3O. The first-order valence-electron chi connectivity index (χ1n) is 10.1. The molecule has 0 bridgehead atoms. The van der Waals surface area contributed by atoms with Gasteiger partial charge in [-0.1, -0.05) is 32.1 Å². The van der Waals surface area contributed by atoms with Crippen molar-refractivity contribution in [3.05, 3.63) is 66.2 Å². The van der Waals surface area contributed by atoms with Crippen LogP contribution in [0.3, 0.4) is 0 Å². The number of benzene rings is 2. The number of amides is 1. The quantitative estimate of drug-likeness (QED) is 0.599. The van der Waals surface area contributed by atoms with E-state index >= 15 is 0 Å². The van der Waals surface area contributed by atoms with E-state index in [1.165, 1.54) is 5.69 Å². The smallest absolute Gasteiger partial charge is 0.250 e. The summed E-state index contributed by atoms with van der Waals surface area (Å²) in [6.07, 6.45) is 3.63. The third-order valence-electron chi connectivity index (χ3n) is 4.76. The zero-order chi connectivity index (χ0) is 20.5. The molecule has 0 atom stereocenters. The number of anilines is 3. The van der Waals surface area contributed by atoms with Crippen LogP contribution in [0.1, 0.15) is 33.3 Å². The number of carbonyl (C=O) groups is 1. The Kier molecular flexibility index (Phi) is 8.12. The highest BCUT2D eigenvalue weighted by Gasteiger charge is 2.14. The molecule has 0 aliphatic rings. The van der Waals surface area contributed by atoms with Crippen LogP contribution in [0.5, 0.6) is 0 Å². The molecule has 0 saturated carbocycles. The average Bonchev–Trinajstić information content (AvgIpc) is 2.72. The molecule has 4 heteroatoms. The van der Waals surface area contributed by atoms with Crippen molar-refractivity contribution < 1.29 is 4.79 Å². The summed E-state index contributed by atoms with van der Waals surface area (Å²) in [5.41, 5.74) is 4.24. The lowest BCUT2D eigenvalue weighted by atomic mass is 10.1. The molecule has 1 amide bonds. The van der Waals surface area contributed by atoms with Crippen LogP contribution in [-0.2, 0) is 11.3 Å². The van der Waals surface area contributed by atoms with Gasteiger partial charge in [0.15, 0.2) is 0 Å². The van der Waals surface area contributed by atoms with Crippen LogP contribution in [0.25, 0.3) is 0 Å². The second-order valence-electron chi connectivity index (χ2n) is 7.16. The van der Waals surface area contributed by atoms with Crippen molar-refractivity contribution in [2.45, 2.75) is 34.2 Å². The number of nitrogens with one attached hydrogen (secondary N) is 1. The summed E-state index contributed by atoms with van der Waals surface area (Å²) in [4.78, 5) is 17.0. The van der Waals surface area contributed by atoms with Gasteiger partial charge in [-0.2, -0.15) is 0 Å². The van der Waals surface area contributed by atoms with Gasteiger partial charge in [0.05, 0.1) is 6.54 Å². The summed E-state index contributed by atoms with van der Waals surface area (Å²) < 4.78 is 0. The Labute approximate surface area is 169 Å². The van der Waals surface area contributed by atoms with E-state index in [1.807, 2.05) is 42.3 Å². The normalized spacial score (nSPS) is 11.1. The average molecular weight is 380 g/mol. The summed E-state index contributed by atoms with van der Waals surface area (Å²) >= 11 is 0. The highest BCUT2D eigenvalue weighted by Crippen LogP contribution is 2.22. The monoisotopic (exact) mass is 379 g/mol. The maximum Gasteiger partial charge on any atom is 0.250 e. The molecule has 0 radical (unpaired) electrons. The van der Waals surface area contributed by atoms with E-state index in [4.69, 9.17) is 0 Å². The largest absolute Gasteiger partial charge is 0.388 e. The molecular weight excluding hydrogens is 346 g/mol. The standard InChI is InChI=1S/C24H33N3O/c1-6-26(7-2)22-13-9-20(10-14-22)18-27(24(28)17-8-19(3)4)23-15-11-21(25-5)12-16-23/h8-17,19,25H,6-7,18H2,1-5H3/b17-8+. The van der Waals surface area contributed by atoms with Crippen LogP contribution in [-0.4, -0.2) is 26.0 Å². The number of carbonyl (C=O) groups excluding carboxylic acids is 1. The maximum atomic E-state index is 12.9. The SMILES string of the molecule is CCN(CC)c1ccc(CN(C(=O)/C=C/C(C)C)c2ccc(NC)cc2)cc1. The molecule has 2 aromatic carbocycles. The number of rotatable bonds is 9. The van der Waals surface area contributed by atoms with Crippen molar-refractivity contribution in [1.82, 2.24) is 0 Å². The Morgan fingerprint density at radius 2 is 1.54 bits per heavy atom. The highest BCUT2D eigenvalue weighted by atomic mass is 16.2. The first-order valence-corrected chi connectivity index (χ1v) is 10.1. The Hall–Kier alpha value is -2.75. The van der Waals surface area contributed by atoms with Gasteiger partial charge in [-0.05, 0) is 67.8 Å². The summed E-state index contributed by atoms with van der Waals surface area (Å²) in [5, 5.41) is 3.12. The molecule has 150 valence electrons. The molecule has 0 fully saturated rings. The fraction of sp³-hybridized carbons (Fsp3) is 0.375. The van der Waals surface area contributed by atoms with E-state index < -0.39 is 0 Å². The Balaban J connectivity index is 2.26. The summed E-state index contributed by atoms with van der Waals surface area (Å²) in [7, 11) is 1.89. The van der Waals surface area contributed by atoms with Crippen LogP contribution >= 0.6 is 0 Å². The molecule has 0 aromatic heterocycles. The number of nitrogens with zero attached hydrogens (tertiary/aromatic N) is 2. The lowest BCUT2D eigenvalue weighted by Gasteiger charge is -2.24. The lowest BCUT2D eigenvalue weighted by molar-refractivity contribution is -0.114. The van der Waals surface area contributed by atoms with Gasteiger partial charge in [-0.3, -0.25) is 4.79 Å². The van der Waals surface area contributed by atoms with Gasteiger partial charge in [0.25, 0.3) is 5.91 Å². The van der Waals surface area contributed by atoms with Gasteiger partial charge in [0.2, 0.25) is 0 Å². The van der Waals surface area contributed by atoms with E-state index in [-0.39, 0.29) is 5.91 Å². The Morgan fingerprint density at radius 1 is 0.964 bits per heavy atom. The van der Waals surface area contributed by atoms with E-state index in [1.54, 1.807) is 6.08 Å². The molecule has 0 aliphatic carbocycles. The van der Waals surface area contributed by atoms with Crippen LogP contribution in [0.2, 0.25) is 0 Å². The van der Waals surface area contributed by atoms with Crippen LogP contribution in [0, 0.1) is 5.92 Å². The summed E-state index contributed by atoms with van der Waals surface area (Å²) in [5.74, 6) is 0.338. The van der Waals surface area contributed by atoms with Crippen LogP contribution in [0.15, 0.2) is 60.7 Å². The van der Waals surface area contributed by atoms with Crippen LogP contribution in [0.4, 0.5) is 17.1 Å². The molecule has 1 N–H and O–H groups in total. The van der Waals surface area contributed by atoms with E-state index in [0.717, 1.165) is 30.0 Å². The molecule has 0 saturated heterocycles. The fourth-order valence-electron chi connectivity index (χ4n) is 3.05. The number of hydrogen-bond acceptors (Lipinski definition) is 3.